The predicted octanol–water partition coefficient (Wildman–Crippen LogP) is 6.63. The number of aryl methyl sites for hydroxylation is 1. The lowest BCUT2D eigenvalue weighted by atomic mass is 9.95. The number of halogens is 1. The summed E-state index contributed by atoms with van der Waals surface area (Å²) in [6.07, 6.45) is 0.808. The third-order valence-electron chi connectivity index (χ3n) is 5.41. The first-order valence-electron chi connectivity index (χ1n) is 9.73. The van der Waals surface area contributed by atoms with E-state index >= 15 is 0 Å². The minimum atomic E-state index is 0.110. The van der Waals surface area contributed by atoms with Crippen molar-refractivity contribution in [3.05, 3.63) is 107 Å². The average molecular weight is 398 g/mol. The largest absolute Gasteiger partial charge is 0.239 e. The van der Waals surface area contributed by atoms with Crippen LogP contribution in [0.15, 0.2) is 89.9 Å². The van der Waals surface area contributed by atoms with Crippen molar-refractivity contribution in [2.45, 2.75) is 19.4 Å². The summed E-state index contributed by atoms with van der Waals surface area (Å²) in [5.41, 5.74) is 6.60. The molecule has 0 fully saturated rings. The maximum Gasteiger partial charge on any atom is 0.159 e. The van der Waals surface area contributed by atoms with Crippen molar-refractivity contribution in [2.24, 2.45) is 4.99 Å². The quantitative estimate of drug-likeness (QED) is 0.381. The van der Waals surface area contributed by atoms with Crippen LogP contribution in [0.2, 0.25) is 5.02 Å². The van der Waals surface area contributed by atoms with Gasteiger partial charge in [-0.3, -0.25) is 0 Å². The summed E-state index contributed by atoms with van der Waals surface area (Å²) in [6, 6.07) is 29.0. The van der Waals surface area contributed by atoms with Crippen LogP contribution in [0.5, 0.6) is 0 Å². The molecule has 5 rings (SSSR count). The summed E-state index contributed by atoms with van der Waals surface area (Å²) in [4.78, 5) is 5.10. The Labute approximate surface area is 175 Å². The highest BCUT2D eigenvalue weighted by molar-refractivity contribution is 6.30. The van der Waals surface area contributed by atoms with Gasteiger partial charge in [0.05, 0.1) is 17.4 Å². The van der Waals surface area contributed by atoms with Gasteiger partial charge in [-0.2, -0.15) is 5.10 Å². The molecule has 1 atom stereocenters. The molecule has 0 bridgehead atoms. The maximum atomic E-state index is 6.11. The second kappa shape index (κ2) is 7.34. The molecule has 0 saturated heterocycles. The minimum Gasteiger partial charge on any atom is -0.239 e. The average Bonchev–Trinajstić information content (AvgIpc) is 3.10. The van der Waals surface area contributed by atoms with Crippen molar-refractivity contribution >= 4 is 23.1 Å². The van der Waals surface area contributed by atoms with Gasteiger partial charge < -0.3 is 0 Å². The molecule has 1 aliphatic rings. The van der Waals surface area contributed by atoms with E-state index in [1.54, 1.807) is 0 Å². The van der Waals surface area contributed by atoms with Crippen LogP contribution in [0, 0.1) is 6.92 Å². The van der Waals surface area contributed by atoms with Gasteiger partial charge in [-0.05, 0) is 35.7 Å². The van der Waals surface area contributed by atoms with Gasteiger partial charge >= 0.3 is 0 Å². The van der Waals surface area contributed by atoms with E-state index in [4.69, 9.17) is 21.7 Å². The summed E-state index contributed by atoms with van der Waals surface area (Å²) in [5.74, 6) is 0.906. The Bertz CT molecular complexity index is 1180. The summed E-state index contributed by atoms with van der Waals surface area (Å²) >= 11 is 6.11. The number of fused-ring (bicyclic) bond motifs is 1. The first-order chi connectivity index (χ1) is 14.2. The molecule has 0 unspecified atom stereocenters. The summed E-state index contributed by atoms with van der Waals surface area (Å²) in [7, 11) is 0. The topological polar surface area (TPSA) is 30.2 Å². The third-order valence-corrected chi connectivity index (χ3v) is 5.66. The summed E-state index contributed by atoms with van der Waals surface area (Å²) in [5, 5.41) is 5.64. The lowest BCUT2D eigenvalue weighted by Crippen LogP contribution is -2.21. The molecule has 0 radical (unpaired) electrons. The van der Waals surface area contributed by atoms with Crippen LogP contribution in [-0.2, 0) is 0 Å². The predicted molar refractivity (Wildman–Crippen MR) is 119 cm³/mol. The number of hydrogen-bond acceptors (Lipinski definition) is 2. The van der Waals surface area contributed by atoms with Crippen LogP contribution in [0.25, 0.3) is 11.1 Å². The van der Waals surface area contributed by atoms with Crippen LogP contribution in [0.1, 0.15) is 29.3 Å². The van der Waals surface area contributed by atoms with Gasteiger partial charge in [0, 0.05) is 17.0 Å². The zero-order valence-corrected chi connectivity index (χ0v) is 16.8. The van der Waals surface area contributed by atoms with Crippen LogP contribution in [-0.4, -0.2) is 15.5 Å². The standard InChI is InChI=1S/C25H20ClN3/c1-17-24(20-12-14-21(26)15-13-20)25-27-22(18-8-4-2-5-9-18)16-23(29(25)28-17)19-10-6-3-7-11-19/h2-15,23H,16H2,1H3/t23-/m0/s1. The van der Waals surface area contributed by atoms with E-state index in [0.29, 0.717) is 0 Å². The molecule has 1 aromatic heterocycles. The molecule has 0 spiro atoms. The maximum absolute atomic E-state index is 6.11. The monoisotopic (exact) mass is 397 g/mol. The van der Waals surface area contributed by atoms with Crippen molar-refractivity contribution in [1.29, 1.82) is 0 Å². The molecule has 2 heterocycles. The Balaban J connectivity index is 1.72. The lowest BCUT2D eigenvalue weighted by Gasteiger charge is -2.25. The fourth-order valence-corrected chi connectivity index (χ4v) is 4.13. The normalized spacial score (nSPS) is 15.7. The second-order valence-electron chi connectivity index (χ2n) is 7.29. The number of rotatable bonds is 3. The SMILES string of the molecule is Cc1nn2c(c1-c1ccc(Cl)cc1)N=C(c1ccccc1)C[C@H]2c1ccccc1. The molecule has 3 nitrogen and oxygen atoms in total. The number of aromatic nitrogens is 2. The number of nitrogens with zero attached hydrogens (tertiary/aromatic N) is 3. The number of aliphatic imine (C=N–C) groups is 1. The molecule has 142 valence electrons. The summed E-state index contributed by atoms with van der Waals surface area (Å²) in [6.45, 7) is 2.05. The van der Waals surface area contributed by atoms with Crippen LogP contribution < -0.4 is 0 Å². The molecule has 1 aliphatic heterocycles. The van der Waals surface area contributed by atoms with Crippen LogP contribution in [0.4, 0.5) is 5.82 Å². The van der Waals surface area contributed by atoms with E-state index in [1.165, 1.54) is 5.56 Å². The van der Waals surface area contributed by atoms with Crippen LogP contribution in [0.3, 0.4) is 0 Å². The Morgan fingerprint density at radius 2 is 1.48 bits per heavy atom. The van der Waals surface area contributed by atoms with Gasteiger partial charge in [-0.1, -0.05) is 84.4 Å². The molecule has 4 aromatic rings. The first kappa shape index (κ1) is 17.9. The van der Waals surface area contributed by atoms with Crippen LogP contribution >= 0.6 is 11.6 Å². The fourth-order valence-electron chi connectivity index (χ4n) is 4.00. The molecule has 3 aromatic carbocycles. The van der Waals surface area contributed by atoms with Gasteiger partial charge in [0.2, 0.25) is 0 Å². The van der Waals surface area contributed by atoms with Crippen molar-refractivity contribution in [3.8, 4) is 11.1 Å². The summed E-state index contributed by atoms with van der Waals surface area (Å²) < 4.78 is 2.08. The van der Waals surface area contributed by atoms with E-state index in [2.05, 4.69) is 60.1 Å². The Morgan fingerprint density at radius 3 is 2.17 bits per heavy atom. The van der Waals surface area contributed by atoms with E-state index in [-0.39, 0.29) is 6.04 Å². The van der Waals surface area contributed by atoms with Gasteiger partial charge in [0.15, 0.2) is 5.82 Å². The smallest absolute Gasteiger partial charge is 0.159 e. The van der Waals surface area contributed by atoms with E-state index in [0.717, 1.165) is 45.4 Å². The Kier molecular flexibility index (Phi) is 4.53. The van der Waals surface area contributed by atoms with Crippen molar-refractivity contribution in [3.63, 3.8) is 0 Å². The number of benzene rings is 3. The zero-order valence-electron chi connectivity index (χ0n) is 16.1. The highest BCUT2D eigenvalue weighted by Gasteiger charge is 2.29. The van der Waals surface area contributed by atoms with Gasteiger partial charge in [-0.15, -0.1) is 0 Å². The molecular formula is C25H20ClN3. The number of hydrogen-bond donors (Lipinski definition) is 0. The van der Waals surface area contributed by atoms with Crippen molar-refractivity contribution < 1.29 is 0 Å². The second-order valence-corrected chi connectivity index (χ2v) is 7.73. The lowest BCUT2D eigenvalue weighted by molar-refractivity contribution is 0.529. The Morgan fingerprint density at radius 1 is 0.828 bits per heavy atom. The molecule has 0 saturated carbocycles. The van der Waals surface area contributed by atoms with Gasteiger partial charge in [0.25, 0.3) is 0 Å². The molecular weight excluding hydrogens is 378 g/mol. The van der Waals surface area contributed by atoms with Crippen molar-refractivity contribution in [2.75, 3.05) is 0 Å². The zero-order chi connectivity index (χ0) is 19.8. The third kappa shape index (κ3) is 3.28. The Hall–Kier alpha value is -3.17. The van der Waals surface area contributed by atoms with Gasteiger partial charge in [-0.25, -0.2) is 9.67 Å². The van der Waals surface area contributed by atoms with Gasteiger partial charge in [0.1, 0.15) is 0 Å². The van der Waals surface area contributed by atoms with E-state index in [9.17, 15) is 0 Å². The minimum absolute atomic E-state index is 0.110. The fraction of sp³-hybridized carbons (Fsp3) is 0.120. The first-order valence-corrected chi connectivity index (χ1v) is 10.1. The molecule has 0 aliphatic carbocycles. The van der Waals surface area contributed by atoms with E-state index < -0.39 is 0 Å². The molecule has 4 heteroatoms. The van der Waals surface area contributed by atoms with E-state index in [1.807, 2.05) is 36.4 Å². The van der Waals surface area contributed by atoms with Crippen molar-refractivity contribution in [1.82, 2.24) is 9.78 Å². The molecule has 0 N–H and O–H groups in total. The highest BCUT2D eigenvalue weighted by atomic mass is 35.5. The molecule has 0 amide bonds. The highest BCUT2D eigenvalue weighted by Crippen LogP contribution is 2.41. The molecule has 29 heavy (non-hydrogen) atoms.